The summed E-state index contributed by atoms with van der Waals surface area (Å²) in [6.45, 7) is 0.817. The first-order valence-electron chi connectivity index (χ1n) is 7.15. The predicted octanol–water partition coefficient (Wildman–Crippen LogP) is 2.88. The number of hydrogen-bond donors (Lipinski definition) is 1. The minimum Gasteiger partial charge on any atom is -0.395 e. The monoisotopic (exact) mass is 258 g/mol. The highest BCUT2D eigenvalue weighted by atomic mass is 16.3. The van der Waals surface area contributed by atoms with Crippen LogP contribution in [0.25, 0.3) is 0 Å². The summed E-state index contributed by atoms with van der Waals surface area (Å²) >= 11 is 0. The maximum Gasteiger partial charge on any atom is 0.0641 e. The van der Waals surface area contributed by atoms with Crippen LogP contribution in [0.4, 0.5) is 0 Å². The van der Waals surface area contributed by atoms with Gasteiger partial charge in [0.05, 0.1) is 19.1 Å². The Balaban J connectivity index is 2.21. The summed E-state index contributed by atoms with van der Waals surface area (Å²) in [6.07, 6.45) is 5.39. The van der Waals surface area contributed by atoms with Crippen LogP contribution in [0.5, 0.6) is 0 Å². The molecule has 0 aromatic heterocycles. The number of aliphatic hydroxyl groups is 1. The Bertz CT molecular complexity index is 407. The molecule has 1 atom stereocenters. The molecule has 0 aliphatic heterocycles. The van der Waals surface area contributed by atoms with Gasteiger partial charge in [0, 0.05) is 18.6 Å². The van der Waals surface area contributed by atoms with Gasteiger partial charge in [-0.25, -0.2) is 0 Å². The summed E-state index contributed by atoms with van der Waals surface area (Å²) in [5, 5.41) is 18.5. The third-order valence-corrected chi connectivity index (χ3v) is 4.02. The van der Waals surface area contributed by atoms with Gasteiger partial charge in [0.25, 0.3) is 0 Å². The van der Waals surface area contributed by atoms with Gasteiger partial charge in [-0.05, 0) is 18.4 Å². The van der Waals surface area contributed by atoms with Crippen LogP contribution in [0.15, 0.2) is 30.3 Å². The van der Waals surface area contributed by atoms with Crippen LogP contribution in [0.2, 0.25) is 0 Å². The average Bonchev–Trinajstić information content (AvgIpc) is 2.97. The van der Waals surface area contributed by atoms with E-state index in [0.29, 0.717) is 19.0 Å². The highest BCUT2D eigenvalue weighted by Crippen LogP contribution is 2.32. The summed E-state index contributed by atoms with van der Waals surface area (Å²) in [4.78, 5) is 2.34. The molecule has 19 heavy (non-hydrogen) atoms. The van der Waals surface area contributed by atoms with E-state index in [1.54, 1.807) is 0 Å². The van der Waals surface area contributed by atoms with Crippen molar-refractivity contribution in [2.75, 3.05) is 13.2 Å². The minimum atomic E-state index is 0.112. The zero-order valence-electron chi connectivity index (χ0n) is 11.3. The standard InChI is InChI=1S/C16H22N2O/c17-11-10-16(14-6-2-1-3-7-14)18(12-13-19)15-8-4-5-9-15/h1-3,6-7,15-16,19H,4-5,8-10,12-13H2. The topological polar surface area (TPSA) is 47.3 Å². The molecule has 1 unspecified atom stereocenters. The second kappa shape index (κ2) is 7.28. The molecule has 1 N–H and O–H groups in total. The molecule has 3 nitrogen and oxygen atoms in total. The van der Waals surface area contributed by atoms with Crippen LogP contribution in [0.1, 0.15) is 43.7 Å². The van der Waals surface area contributed by atoms with E-state index in [4.69, 9.17) is 5.26 Å². The first kappa shape index (κ1) is 14.0. The number of nitriles is 1. The van der Waals surface area contributed by atoms with Crippen LogP contribution < -0.4 is 0 Å². The predicted molar refractivity (Wildman–Crippen MR) is 75.5 cm³/mol. The first-order valence-corrected chi connectivity index (χ1v) is 7.15. The summed E-state index contributed by atoms with van der Waals surface area (Å²) in [7, 11) is 0. The molecule has 1 aliphatic rings. The maximum atomic E-state index is 9.34. The van der Waals surface area contributed by atoms with E-state index in [9.17, 15) is 5.11 Å². The Morgan fingerprint density at radius 1 is 1.26 bits per heavy atom. The molecule has 2 rings (SSSR count). The van der Waals surface area contributed by atoms with Crippen LogP contribution in [-0.2, 0) is 0 Å². The first-order chi connectivity index (χ1) is 9.36. The summed E-state index contributed by atoms with van der Waals surface area (Å²) in [6, 6.07) is 13.1. The van der Waals surface area contributed by atoms with Gasteiger partial charge in [-0.2, -0.15) is 5.26 Å². The Morgan fingerprint density at radius 3 is 2.53 bits per heavy atom. The molecule has 1 saturated carbocycles. The second-order valence-corrected chi connectivity index (χ2v) is 5.19. The van der Waals surface area contributed by atoms with Crippen molar-refractivity contribution >= 4 is 0 Å². The number of hydrogen-bond acceptors (Lipinski definition) is 3. The van der Waals surface area contributed by atoms with E-state index < -0.39 is 0 Å². The van der Waals surface area contributed by atoms with Crippen LogP contribution in [0, 0.1) is 11.3 Å². The summed E-state index contributed by atoms with van der Waals surface area (Å²) < 4.78 is 0. The largest absolute Gasteiger partial charge is 0.395 e. The molecule has 0 bridgehead atoms. The van der Waals surface area contributed by atoms with E-state index in [1.807, 2.05) is 18.2 Å². The van der Waals surface area contributed by atoms with Gasteiger partial charge in [-0.15, -0.1) is 0 Å². The molecule has 0 radical (unpaired) electrons. The molecule has 1 fully saturated rings. The molecule has 0 amide bonds. The summed E-state index contributed by atoms with van der Waals surface area (Å²) in [5.41, 5.74) is 1.18. The molecule has 1 aliphatic carbocycles. The molecule has 1 aromatic carbocycles. The van der Waals surface area contributed by atoms with Gasteiger partial charge in [-0.3, -0.25) is 4.90 Å². The van der Waals surface area contributed by atoms with Crippen molar-refractivity contribution in [3.63, 3.8) is 0 Å². The normalized spacial score (nSPS) is 17.5. The van der Waals surface area contributed by atoms with E-state index >= 15 is 0 Å². The fraction of sp³-hybridized carbons (Fsp3) is 0.562. The molecule has 0 saturated heterocycles. The highest BCUT2D eigenvalue weighted by Gasteiger charge is 2.29. The lowest BCUT2D eigenvalue weighted by atomic mass is 10.00. The number of rotatable bonds is 6. The molecule has 102 valence electrons. The Hall–Kier alpha value is -1.37. The maximum absolute atomic E-state index is 9.34. The third-order valence-electron chi connectivity index (χ3n) is 4.02. The SMILES string of the molecule is N#CCC(c1ccccc1)N(CCO)C1CCCC1. The van der Waals surface area contributed by atoms with E-state index in [-0.39, 0.29) is 12.6 Å². The van der Waals surface area contributed by atoms with E-state index in [0.717, 1.165) is 0 Å². The lowest BCUT2D eigenvalue weighted by molar-refractivity contribution is 0.105. The molecule has 3 heteroatoms. The van der Waals surface area contributed by atoms with Crippen molar-refractivity contribution in [3.05, 3.63) is 35.9 Å². The van der Waals surface area contributed by atoms with Gasteiger partial charge in [0.1, 0.15) is 0 Å². The zero-order valence-corrected chi connectivity index (χ0v) is 11.3. The Kier molecular flexibility index (Phi) is 5.38. The van der Waals surface area contributed by atoms with Crippen molar-refractivity contribution in [1.82, 2.24) is 4.90 Å². The van der Waals surface area contributed by atoms with Gasteiger partial charge >= 0.3 is 0 Å². The average molecular weight is 258 g/mol. The number of nitrogens with zero attached hydrogens (tertiary/aromatic N) is 2. The van der Waals surface area contributed by atoms with Gasteiger partial charge < -0.3 is 5.11 Å². The quantitative estimate of drug-likeness (QED) is 0.853. The van der Waals surface area contributed by atoms with Crippen molar-refractivity contribution in [1.29, 1.82) is 5.26 Å². The summed E-state index contributed by atoms with van der Waals surface area (Å²) in [5.74, 6) is 0. The third kappa shape index (κ3) is 3.56. The fourth-order valence-electron chi connectivity index (χ4n) is 3.13. The smallest absolute Gasteiger partial charge is 0.0641 e. The molecular weight excluding hydrogens is 236 g/mol. The van der Waals surface area contributed by atoms with E-state index in [1.165, 1.54) is 31.2 Å². The van der Waals surface area contributed by atoms with Crippen LogP contribution in [-0.4, -0.2) is 29.2 Å². The molecular formula is C16H22N2O. The van der Waals surface area contributed by atoms with Gasteiger partial charge in [0.15, 0.2) is 0 Å². The lowest BCUT2D eigenvalue weighted by Crippen LogP contribution is -2.38. The van der Waals surface area contributed by atoms with Crippen LogP contribution in [0.3, 0.4) is 0 Å². The molecule has 1 aromatic rings. The van der Waals surface area contributed by atoms with Crippen molar-refractivity contribution < 1.29 is 5.11 Å². The lowest BCUT2D eigenvalue weighted by Gasteiger charge is -2.35. The molecule has 0 heterocycles. The highest BCUT2D eigenvalue weighted by molar-refractivity contribution is 5.20. The van der Waals surface area contributed by atoms with Gasteiger partial charge in [0.2, 0.25) is 0 Å². The second-order valence-electron chi connectivity index (χ2n) is 5.19. The Labute approximate surface area is 115 Å². The zero-order chi connectivity index (χ0) is 13.5. The Morgan fingerprint density at radius 2 is 1.95 bits per heavy atom. The fourth-order valence-corrected chi connectivity index (χ4v) is 3.13. The minimum absolute atomic E-state index is 0.112. The van der Waals surface area contributed by atoms with Crippen molar-refractivity contribution in [3.8, 4) is 6.07 Å². The van der Waals surface area contributed by atoms with E-state index in [2.05, 4.69) is 23.1 Å². The molecule has 0 spiro atoms. The number of aliphatic hydroxyl groups excluding tert-OH is 1. The van der Waals surface area contributed by atoms with Crippen molar-refractivity contribution in [2.24, 2.45) is 0 Å². The number of benzene rings is 1. The van der Waals surface area contributed by atoms with Crippen LogP contribution >= 0.6 is 0 Å². The van der Waals surface area contributed by atoms with Gasteiger partial charge in [-0.1, -0.05) is 43.2 Å². The van der Waals surface area contributed by atoms with Crippen molar-refractivity contribution in [2.45, 2.75) is 44.2 Å².